The lowest BCUT2D eigenvalue weighted by atomic mass is 10.9. The van der Waals surface area contributed by atoms with Crippen molar-refractivity contribution in [2.45, 2.75) is 25.9 Å². The van der Waals surface area contributed by atoms with E-state index < -0.39 is 8.56 Å². The molecule has 0 radical (unpaired) electrons. The number of hydrogen-bond donors (Lipinski definition) is 0. The number of halogens is 2. The van der Waals surface area contributed by atoms with Crippen LogP contribution in [0.3, 0.4) is 0 Å². The molecular formula is C8H18BrClO2Si. The molecule has 0 amide bonds. The molecule has 0 aliphatic heterocycles. The molecular weight excluding hydrogens is 272 g/mol. The molecule has 0 aliphatic carbocycles. The Labute approximate surface area is 95.3 Å². The van der Waals surface area contributed by atoms with Crippen molar-refractivity contribution in [3.8, 4) is 0 Å². The second-order valence-electron chi connectivity index (χ2n) is 2.65. The zero-order chi connectivity index (χ0) is 10.2. The van der Waals surface area contributed by atoms with Crippen molar-refractivity contribution in [3.63, 3.8) is 0 Å². The first-order valence-corrected chi connectivity index (χ1v) is 8.53. The van der Waals surface area contributed by atoms with Crippen LogP contribution in [0.25, 0.3) is 0 Å². The van der Waals surface area contributed by atoms with Gasteiger partial charge in [0.2, 0.25) is 0 Å². The molecule has 5 heteroatoms. The molecule has 0 aromatic heterocycles. The summed E-state index contributed by atoms with van der Waals surface area (Å²) in [6.45, 7) is 5.44. The van der Waals surface area contributed by atoms with E-state index in [1.165, 1.54) is 0 Å². The highest BCUT2D eigenvalue weighted by molar-refractivity contribution is 9.09. The van der Waals surface area contributed by atoms with Crippen LogP contribution < -0.4 is 0 Å². The lowest BCUT2D eigenvalue weighted by Crippen LogP contribution is -2.43. The summed E-state index contributed by atoms with van der Waals surface area (Å²) in [5.41, 5.74) is 0. The van der Waals surface area contributed by atoms with Gasteiger partial charge in [-0.1, -0.05) is 15.9 Å². The summed E-state index contributed by atoms with van der Waals surface area (Å²) in [7, 11) is -1.97. The van der Waals surface area contributed by atoms with Crippen molar-refractivity contribution in [1.82, 2.24) is 0 Å². The second kappa shape index (κ2) is 8.23. The Morgan fingerprint density at radius 1 is 1.15 bits per heavy atom. The quantitative estimate of drug-likeness (QED) is 0.505. The minimum absolute atomic E-state index is 0.624. The van der Waals surface area contributed by atoms with Crippen molar-refractivity contribution in [2.24, 2.45) is 0 Å². The minimum atomic E-state index is -1.97. The third-order valence-corrected chi connectivity index (χ3v) is 7.05. The fraction of sp³-hybridized carbons (Fsp3) is 1.00. The largest absolute Gasteiger partial charge is 0.394 e. The molecule has 0 fully saturated rings. The zero-order valence-corrected chi connectivity index (χ0v) is 11.7. The fourth-order valence-electron chi connectivity index (χ4n) is 1.27. The van der Waals surface area contributed by atoms with Gasteiger partial charge in [0.05, 0.1) is 0 Å². The molecule has 0 aromatic carbocycles. The molecule has 2 nitrogen and oxygen atoms in total. The van der Waals surface area contributed by atoms with Crippen LogP contribution in [0.15, 0.2) is 0 Å². The molecule has 0 unspecified atom stereocenters. The van der Waals surface area contributed by atoms with E-state index in [0.29, 0.717) is 5.88 Å². The SMILES string of the molecule is CCO[Si](CCCl)(CCBr)OCC. The van der Waals surface area contributed by atoms with Crippen molar-refractivity contribution in [2.75, 3.05) is 24.4 Å². The molecule has 0 spiro atoms. The summed E-state index contributed by atoms with van der Waals surface area (Å²) >= 11 is 9.18. The topological polar surface area (TPSA) is 18.5 Å². The summed E-state index contributed by atoms with van der Waals surface area (Å²) in [6.07, 6.45) is 0. The molecule has 13 heavy (non-hydrogen) atoms. The monoisotopic (exact) mass is 288 g/mol. The Bertz CT molecular complexity index is 97.2. The molecule has 0 atom stereocenters. The van der Waals surface area contributed by atoms with E-state index in [2.05, 4.69) is 15.9 Å². The summed E-state index contributed by atoms with van der Waals surface area (Å²) < 4.78 is 11.5. The van der Waals surface area contributed by atoms with Gasteiger partial charge in [0.15, 0.2) is 0 Å². The predicted octanol–water partition coefficient (Wildman–Crippen LogP) is 3.14. The van der Waals surface area contributed by atoms with Crippen LogP contribution in [0.1, 0.15) is 13.8 Å². The molecule has 0 aromatic rings. The van der Waals surface area contributed by atoms with Crippen LogP contribution in [0.4, 0.5) is 0 Å². The summed E-state index contributed by atoms with van der Waals surface area (Å²) in [5.74, 6) is 0.624. The third-order valence-electron chi connectivity index (χ3n) is 1.77. The molecule has 0 saturated carbocycles. The molecule has 0 heterocycles. The minimum Gasteiger partial charge on any atom is -0.394 e. The van der Waals surface area contributed by atoms with Gasteiger partial charge in [-0.25, -0.2) is 0 Å². The van der Waals surface area contributed by atoms with E-state index >= 15 is 0 Å². The average molecular weight is 290 g/mol. The predicted molar refractivity (Wildman–Crippen MR) is 63.1 cm³/mol. The van der Waals surface area contributed by atoms with E-state index in [-0.39, 0.29) is 0 Å². The van der Waals surface area contributed by atoms with Crippen LogP contribution in [0.5, 0.6) is 0 Å². The van der Waals surface area contributed by atoms with Gasteiger partial charge in [-0.15, -0.1) is 11.6 Å². The van der Waals surface area contributed by atoms with Gasteiger partial charge in [-0.2, -0.15) is 0 Å². The van der Waals surface area contributed by atoms with Gasteiger partial charge >= 0.3 is 8.56 Å². The van der Waals surface area contributed by atoms with Crippen LogP contribution >= 0.6 is 27.5 Å². The Morgan fingerprint density at radius 2 is 1.69 bits per heavy atom. The first kappa shape index (κ1) is 13.9. The average Bonchev–Trinajstić information content (AvgIpc) is 2.06. The molecule has 0 aliphatic rings. The summed E-state index contributed by atoms with van der Waals surface area (Å²) in [4.78, 5) is 0. The highest BCUT2D eigenvalue weighted by Gasteiger charge is 2.35. The number of rotatable bonds is 8. The second-order valence-corrected chi connectivity index (χ2v) is 7.22. The van der Waals surface area contributed by atoms with E-state index in [1.54, 1.807) is 0 Å². The molecule has 0 saturated heterocycles. The zero-order valence-electron chi connectivity index (χ0n) is 8.32. The summed E-state index contributed by atoms with van der Waals surface area (Å²) in [6, 6.07) is 1.85. The highest BCUT2D eigenvalue weighted by atomic mass is 79.9. The first-order valence-electron chi connectivity index (χ1n) is 4.64. The van der Waals surface area contributed by atoms with Crippen molar-refractivity contribution in [3.05, 3.63) is 0 Å². The van der Waals surface area contributed by atoms with Crippen molar-refractivity contribution in [1.29, 1.82) is 0 Å². The molecule has 0 N–H and O–H groups in total. The Balaban J connectivity index is 4.19. The standard InChI is InChI=1S/C8H18BrClO2Si/c1-3-11-13(7-5-9,8-6-10)12-4-2/h3-8H2,1-2H3. The highest BCUT2D eigenvalue weighted by Crippen LogP contribution is 2.21. The number of alkyl halides is 2. The third kappa shape index (κ3) is 5.37. The van der Waals surface area contributed by atoms with Gasteiger partial charge in [-0.05, 0) is 13.8 Å². The van der Waals surface area contributed by atoms with Crippen LogP contribution in [0, 0.1) is 0 Å². The van der Waals surface area contributed by atoms with Crippen LogP contribution in [-0.2, 0) is 8.85 Å². The first-order chi connectivity index (χ1) is 6.24. The maximum Gasteiger partial charge on any atom is 0.340 e. The van der Waals surface area contributed by atoms with Gasteiger partial charge < -0.3 is 8.85 Å². The Morgan fingerprint density at radius 3 is 2.00 bits per heavy atom. The lowest BCUT2D eigenvalue weighted by molar-refractivity contribution is 0.185. The molecule has 0 bridgehead atoms. The van der Waals surface area contributed by atoms with Crippen LogP contribution in [-0.4, -0.2) is 33.0 Å². The Hall–Kier alpha value is 0.907. The van der Waals surface area contributed by atoms with Gasteiger partial charge in [0.25, 0.3) is 0 Å². The fourth-order valence-corrected chi connectivity index (χ4v) is 6.48. The number of hydrogen-bond acceptors (Lipinski definition) is 2. The molecule has 0 rings (SSSR count). The van der Waals surface area contributed by atoms with E-state index in [1.807, 2.05) is 13.8 Å². The summed E-state index contributed by atoms with van der Waals surface area (Å²) in [5, 5.41) is 0.927. The van der Waals surface area contributed by atoms with Gasteiger partial charge in [-0.3, -0.25) is 0 Å². The van der Waals surface area contributed by atoms with E-state index in [4.69, 9.17) is 20.5 Å². The van der Waals surface area contributed by atoms with E-state index in [9.17, 15) is 0 Å². The van der Waals surface area contributed by atoms with Gasteiger partial charge in [0.1, 0.15) is 0 Å². The maximum atomic E-state index is 5.75. The smallest absolute Gasteiger partial charge is 0.340 e. The van der Waals surface area contributed by atoms with Crippen LogP contribution in [0.2, 0.25) is 12.1 Å². The molecule has 80 valence electrons. The lowest BCUT2D eigenvalue weighted by Gasteiger charge is -2.28. The normalized spacial score (nSPS) is 12.0. The maximum absolute atomic E-state index is 5.75. The Kier molecular flexibility index (Phi) is 8.81. The van der Waals surface area contributed by atoms with Gasteiger partial charge in [0, 0.05) is 36.5 Å². The van der Waals surface area contributed by atoms with Crippen molar-refractivity contribution < 1.29 is 8.85 Å². The van der Waals surface area contributed by atoms with E-state index in [0.717, 1.165) is 30.6 Å². The van der Waals surface area contributed by atoms with Crippen molar-refractivity contribution >= 4 is 36.1 Å².